The molecule has 0 radical (unpaired) electrons. The number of piperidine rings is 1. The highest BCUT2D eigenvalue weighted by molar-refractivity contribution is 5.45. The summed E-state index contributed by atoms with van der Waals surface area (Å²) in [6, 6.07) is 0.102. The first-order chi connectivity index (χ1) is 10.5. The zero-order chi connectivity index (χ0) is 17.6. The Hall–Kier alpha value is -1.16. The van der Waals surface area contributed by atoms with E-state index in [-0.39, 0.29) is 28.9 Å². The van der Waals surface area contributed by atoms with Crippen LogP contribution in [0.3, 0.4) is 0 Å². The van der Waals surface area contributed by atoms with Crippen molar-refractivity contribution in [1.29, 1.82) is 0 Å². The summed E-state index contributed by atoms with van der Waals surface area (Å²) >= 11 is 0. The van der Waals surface area contributed by atoms with E-state index in [1.54, 1.807) is 4.57 Å². The first kappa shape index (κ1) is 18.2. The van der Waals surface area contributed by atoms with Gasteiger partial charge in [0, 0.05) is 28.2 Å². The normalized spacial score (nSPS) is 22.2. The third kappa shape index (κ3) is 3.68. The van der Waals surface area contributed by atoms with Crippen molar-refractivity contribution in [1.82, 2.24) is 9.88 Å². The van der Waals surface area contributed by atoms with E-state index >= 15 is 0 Å². The van der Waals surface area contributed by atoms with Gasteiger partial charge in [0.25, 0.3) is 0 Å². The second kappa shape index (κ2) is 6.04. The summed E-state index contributed by atoms with van der Waals surface area (Å²) in [7, 11) is 0. The molecule has 2 rings (SSSR count). The summed E-state index contributed by atoms with van der Waals surface area (Å²) in [5, 5.41) is 25.1. The molecule has 1 atom stereocenters. The fraction of sp³-hybridized carbons (Fsp3) is 0.789. The maximum absolute atomic E-state index is 10.8. The molecule has 1 saturated heterocycles. The molecule has 0 saturated carbocycles. The summed E-state index contributed by atoms with van der Waals surface area (Å²) in [6.07, 6.45) is 3.65. The third-order valence-corrected chi connectivity index (χ3v) is 5.30. The maximum atomic E-state index is 10.8. The predicted octanol–water partition coefficient (Wildman–Crippen LogP) is 4.28. The number of rotatable bonds is 4. The Labute approximate surface area is 140 Å². The summed E-state index contributed by atoms with van der Waals surface area (Å²) < 4.78 is 1.78. The van der Waals surface area contributed by atoms with Crippen LogP contribution in [-0.4, -0.2) is 25.9 Å². The molecule has 1 aliphatic rings. The molecule has 1 aromatic heterocycles. The summed E-state index contributed by atoms with van der Waals surface area (Å²) in [4.78, 5) is 0. The zero-order valence-corrected chi connectivity index (χ0v) is 15.8. The van der Waals surface area contributed by atoms with Crippen LogP contribution in [0.5, 0.6) is 11.8 Å². The van der Waals surface area contributed by atoms with Crippen LogP contribution in [-0.2, 0) is 6.42 Å². The van der Waals surface area contributed by atoms with Crippen molar-refractivity contribution in [2.45, 2.75) is 91.3 Å². The van der Waals surface area contributed by atoms with E-state index in [2.05, 4.69) is 46.9 Å². The van der Waals surface area contributed by atoms with E-state index < -0.39 is 0 Å². The van der Waals surface area contributed by atoms with Gasteiger partial charge >= 0.3 is 0 Å². The van der Waals surface area contributed by atoms with Gasteiger partial charge in [0.1, 0.15) is 0 Å². The molecule has 0 bridgehead atoms. The van der Waals surface area contributed by atoms with Crippen LogP contribution in [0.4, 0.5) is 0 Å². The van der Waals surface area contributed by atoms with Crippen molar-refractivity contribution in [2.75, 3.05) is 0 Å². The molecule has 1 fully saturated rings. The first-order valence-corrected chi connectivity index (χ1v) is 8.88. The number of hydrogen-bond acceptors (Lipinski definition) is 3. The molecule has 0 amide bonds. The van der Waals surface area contributed by atoms with E-state index in [4.69, 9.17) is 0 Å². The molecule has 132 valence electrons. The minimum Gasteiger partial charge on any atom is -0.494 e. The van der Waals surface area contributed by atoms with Gasteiger partial charge in [0.15, 0.2) is 11.8 Å². The number of aromatic hydroxyl groups is 2. The molecule has 1 unspecified atom stereocenters. The molecule has 3 N–H and O–H groups in total. The van der Waals surface area contributed by atoms with Gasteiger partial charge in [0.05, 0.1) is 0 Å². The van der Waals surface area contributed by atoms with Crippen LogP contribution < -0.4 is 5.32 Å². The molecule has 2 heterocycles. The molecule has 1 aliphatic heterocycles. The predicted molar refractivity (Wildman–Crippen MR) is 95.2 cm³/mol. The topological polar surface area (TPSA) is 57.4 Å². The summed E-state index contributed by atoms with van der Waals surface area (Å²) in [5.41, 5.74) is 1.68. The van der Waals surface area contributed by atoms with E-state index in [0.29, 0.717) is 5.92 Å². The van der Waals surface area contributed by atoms with Gasteiger partial charge in [-0.15, -0.1) is 0 Å². The average Bonchev–Trinajstić information content (AvgIpc) is 2.59. The Balaban J connectivity index is 2.41. The largest absolute Gasteiger partial charge is 0.494 e. The minimum absolute atomic E-state index is 0.0274. The fourth-order valence-electron chi connectivity index (χ4n) is 4.26. The van der Waals surface area contributed by atoms with Crippen molar-refractivity contribution < 1.29 is 10.2 Å². The average molecular weight is 322 g/mol. The van der Waals surface area contributed by atoms with Crippen molar-refractivity contribution in [3.63, 3.8) is 0 Å². The summed E-state index contributed by atoms with van der Waals surface area (Å²) in [5.74, 6) is 0.994. The SMILES string of the molecule is CCC(C)Cc1c(C)c(O)n(C2CC(C)(C)NC(C)(C)C2)c1O. The Bertz CT molecular complexity index is 556. The van der Waals surface area contributed by atoms with Crippen molar-refractivity contribution in [3.05, 3.63) is 11.1 Å². The molecule has 23 heavy (non-hydrogen) atoms. The molecule has 0 aliphatic carbocycles. The van der Waals surface area contributed by atoms with Crippen molar-refractivity contribution in [2.24, 2.45) is 5.92 Å². The lowest BCUT2D eigenvalue weighted by Crippen LogP contribution is -2.57. The Morgan fingerprint density at radius 2 is 1.65 bits per heavy atom. The highest BCUT2D eigenvalue weighted by atomic mass is 16.3. The van der Waals surface area contributed by atoms with E-state index in [1.807, 2.05) is 6.92 Å². The number of nitrogens with one attached hydrogen (secondary N) is 1. The molecular weight excluding hydrogens is 288 g/mol. The molecule has 0 spiro atoms. The Kier molecular flexibility index (Phi) is 4.78. The van der Waals surface area contributed by atoms with Gasteiger partial charge in [-0.1, -0.05) is 20.3 Å². The number of aromatic nitrogens is 1. The minimum atomic E-state index is -0.0274. The van der Waals surface area contributed by atoms with E-state index in [9.17, 15) is 10.2 Å². The highest BCUT2D eigenvalue weighted by Crippen LogP contribution is 2.44. The standard InChI is InChI=1S/C19H34N2O2/c1-8-12(2)9-15-13(3)16(22)21(17(15)23)14-10-18(4,5)20-19(6,7)11-14/h12,14,20,22-23H,8-11H2,1-7H3. The molecule has 0 aromatic carbocycles. The van der Waals surface area contributed by atoms with Crippen molar-refractivity contribution in [3.8, 4) is 11.8 Å². The smallest absolute Gasteiger partial charge is 0.197 e. The van der Waals surface area contributed by atoms with Crippen LogP contribution in [0, 0.1) is 12.8 Å². The van der Waals surface area contributed by atoms with Crippen LogP contribution in [0.2, 0.25) is 0 Å². The van der Waals surface area contributed by atoms with Crippen LogP contribution in [0.1, 0.15) is 78.0 Å². The molecular formula is C19H34N2O2. The summed E-state index contributed by atoms with van der Waals surface area (Å²) in [6.45, 7) is 15.0. The molecule has 4 heteroatoms. The van der Waals surface area contributed by atoms with Gasteiger partial charge in [-0.3, -0.25) is 4.57 Å². The van der Waals surface area contributed by atoms with Gasteiger partial charge in [-0.25, -0.2) is 0 Å². The van der Waals surface area contributed by atoms with Crippen LogP contribution >= 0.6 is 0 Å². The number of nitrogens with zero attached hydrogens (tertiary/aromatic N) is 1. The molecule has 1 aromatic rings. The highest BCUT2D eigenvalue weighted by Gasteiger charge is 2.40. The maximum Gasteiger partial charge on any atom is 0.197 e. The van der Waals surface area contributed by atoms with Crippen LogP contribution in [0.15, 0.2) is 0 Å². The first-order valence-electron chi connectivity index (χ1n) is 8.88. The van der Waals surface area contributed by atoms with Gasteiger partial charge in [0.2, 0.25) is 0 Å². The van der Waals surface area contributed by atoms with Gasteiger partial charge in [-0.05, 0) is 59.8 Å². The van der Waals surface area contributed by atoms with Crippen LogP contribution in [0.25, 0.3) is 0 Å². The third-order valence-electron chi connectivity index (χ3n) is 5.30. The second-order valence-corrected chi connectivity index (χ2v) is 8.79. The Morgan fingerprint density at radius 3 is 2.13 bits per heavy atom. The monoisotopic (exact) mass is 322 g/mol. The van der Waals surface area contributed by atoms with Gasteiger partial charge in [-0.2, -0.15) is 0 Å². The second-order valence-electron chi connectivity index (χ2n) is 8.79. The van der Waals surface area contributed by atoms with Gasteiger partial charge < -0.3 is 15.5 Å². The zero-order valence-electron chi connectivity index (χ0n) is 15.8. The van der Waals surface area contributed by atoms with E-state index in [0.717, 1.165) is 36.8 Å². The quantitative estimate of drug-likeness (QED) is 0.775. The van der Waals surface area contributed by atoms with Crippen molar-refractivity contribution >= 4 is 0 Å². The van der Waals surface area contributed by atoms with E-state index in [1.165, 1.54) is 0 Å². The lowest BCUT2D eigenvalue weighted by Gasteiger charge is -2.47. The lowest BCUT2D eigenvalue weighted by molar-refractivity contribution is 0.123. The molecule has 4 nitrogen and oxygen atoms in total. The Morgan fingerprint density at radius 1 is 1.13 bits per heavy atom. The number of hydrogen-bond donors (Lipinski definition) is 3. The lowest BCUT2D eigenvalue weighted by atomic mass is 9.79. The fourth-order valence-corrected chi connectivity index (χ4v) is 4.26.